The van der Waals surface area contributed by atoms with Crippen LogP contribution >= 0.6 is 0 Å². The monoisotopic (exact) mass is 355 g/mol. The molecule has 0 spiro atoms. The van der Waals surface area contributed by atoms with E-state index in [1.807, 2.05) is 30.3 Å². The van der Waals surface area contributed by atoms with Gasteiger partial charge in [-0.15, -0.1) is 0 Å². The summed E-state index contributed by atoms with van der Waals surface area (Å²) in [5.74, 6) is -0.602. The number of ether oxygens (including phenoxy) is 2. The fraction of sp³-hybridized carbons (Fsp3) is 0.211. The van der Waals surface area contributed by atoms with Crippen LogP contribution < -0.4 is 20.2 Å². The van der Waals surface area contributed by atoms with Crippen LogP contribution in [0.15, 0.2) is 53.6 Å². The number of para-hydroxylation sites is 1. The van der Waals surface area contributed by atoms with Crippen molar-refractivity contribution < 1.29 is 19.1 Å². The topological polar surface area (TPSA) is 89.0 Å². The Kier molecular flexibility index (Phi) is 6.73. The van der Waals surface area contributed by atoms with Gasteiger partial charge >= 0.3 is 11.8 Å². The Balaban J connectivity index is 1.96. The molecule has 0 aliphatic rings. The van der Waals surface area contributed by atoms with Crippen LogP contribution in [0.3, 0.4) is 0 Å². The SMILES string of the molecule is COc1cccc(C=NNC(=O)C(=O)N[C@@H](C)c2ccccc2)c1OC. The van der Waals surface area contributed by atoms with Gasteiger partial charge in [0.05, 0.1) is 26.5 Å². The number of rotatable bonds is 6. The van der Waals surface area contributed by atoms with Crippen molar-refractivity contribution in [1.82, 2.24) is 10.7 Å². The molecule has 2 N–H and O–H groups in total. The maximum atomic E-state index is 12.0. The predicted octanol–water partition coefficient (Wildman–Crippen LogP) is 2.03. The maximum absolute atomic E-state index is 12.0. The number of hydrogen-bond acceptors (Lipinski definition) is 5. The van der Waals surface area contributed by atoms with Gasteiger partial charge < -0.3 is 14.8 Å². The van der Waals surface area contributed by atoms with E-state index in [0.29, 0.717) is 17.1 Å². The second-order valence-corrected chi connectivity index (χ2v) is 5.39. The van der Waals surface area contributed by atoms with Crippen molar-refractivity contribution in [2.45, 2.75) is 13.0 Å². The highest BCUT2D eigenvalue weighted by Crippen LogP contribution is 2.29. The Labute approximate surface area is 152 Å². The van der Waals surface area contributed by atoms with E-state index in [-0.39, 0.29) is 6.04 Å². The molecule has 1 atom stereocenters. The van der Waals surface area contributed by atoms with E-state index in [0.717, 1.165) is 5.56 Å². The molecule has 2 aromatic carbocycles. The van der Waals surface area contributed by atoms with Crippen molar-refractivity contribution in [3.63, 3.8) is 0 Å². The molecule has 7 heteroatoms. The summed E-state index contributed by atoms with van der Waals surface area (Å²) in [5, 5.41) is 6.42. The van der Waals surface area contributed by atoms with Crippen LogP contribution in [0, 0.1) is 0 Å². The number of carbonyl (C=O) groups is 2. The zero-order valence-electron chi connectivity index (χ0n) is 14.9. The first-order valence-electron chi connectivity index (χ1n) is 7.96. The molecule has 0 saturated heterocycles. The van der Waals surface area contributed by atoms with E-state index >= 15 is 0 Å². The maximum Gasteiger partial charge on any atom is 0.329 e. The summed E-state index contributed by atoms with van der Waals surface area (Å²) >= 11 is 0. The molecule has 0 heterocycles. The molecule has 136 valence electrons. The molecule has 0 fully saturated rings. The Morgan fingerprint density at radius 1 is 1.00 bits per heavy atom. The average Bonchev–Trinajstić information content (AvgIpc) is 2.68. The number of hydrogen-bond donors (Lipinski definition) is 2. The minimum Gasteiger partial charge on any atom is -0.493 e. The molecule has 2 amide bonds. The van der Waals surface area contributed by atoms with Crippen LogP contribution in [0.25, 0.3) is 0 Å². The summed E-state index contributed by atoms with van der Waals surface area (Å²) < 4.78 is 10.5. The van der Waals surface area contributed by atoms with Gasteiger partial charge in [-0.25, -0.2) is 5.43 Å². The van der Waals surface area contributed by atoms with E-state index in [2.05, 4.69) is 15.8 Å². The smallest absolute Gasteiger partial charge is 0.329 e. The Morgan fingerprint density at radius 3 is 2.38 bits per heavy atom. The summed E-state index contributed by atoms with van der Waals surface area (Å²) in [7, 11) is 3.03. The number of hydrazone groups is 1. The summed E-state index contributed by atoms with van der Waals surface area (Å²) in [6.45, 7) is 1.80. The minimum absolute atomic E-state index is 0.295. The highest BCUT2D eigenvalue weighted by atomic mass is 16.5. The molecule has 7 nitrogen and oxygen atoms in total. The van der Waals surface area contributed by atoms with Gasteiger partial charge in [-0.2, -0.15) is 5.10 Å². The molecule has 26 heavy (non-hydrogen) atoms. The molecule has 0 radical (unpaired) electrons. The lowest BCUT2D eigenvalue weighted by molar-refractivity contribution is -0.139. The van der Waals surface area contributed by atoms with E-state index in [4.69, 9.17) is 9.47 Å². The first-order valence-corrected chi connectivity index (χ1v) is 7.96. The van der Waals surface area contributed by atoms with Crippen molar-refractivity contribution in [3.8, 4) is 11.5 Å². The first-order chi connectivity index (χ1) is 12.6. The molecular formula is C19H21N3O4. The largest absolute Gasteiger partial charge is 0.493 e. The Hall–Kier alpha value is -3.35. The number of carbonyl (C=O) groups excluding carboxylic acids is 2. The summed E-state index contributed by atoms with van der Waals surface area (Å²) in [6.07, 6.45) is 1.38. The third-order valence-corrected chi connectivity index (χ3v) is 3.66. The second-order valence-electron chi connectivity index (χ2n) is 5.39. The molecule has 0 bridgehead atoms. The highest BCUT2D eigenvalue weighted by Gasteiger charge is 2.16. The summed E-state index contributed by atoms with van der Waals surface area (Å²) in [5.41, 5.74) is 3.70. The summed E-state index contributed by atoms with van der Waals surface area (Å²) in [4.78, 5) is 23.8. The van der Waals surface area contributed by atoms with Gasteiger partial charge in [-0.1, -0.05) is 36.4 Å². The highest BCUT2D eigenvalue weighted by molar-refractivity contribution is 6.35. The van der Waals surface area contributed by atoms with Gasteiger partial charge in [0.15, 0.2) is 11.5 Å². The normalized spacial score (nSPS) is 11.7. The van der Waals surface area contributed by atoms with Crippen molar-refractivity contribution in [1.29, 1.82) is 0 Å². The van der Waals surface area contributed by atoms with E-state index in [1.54, 1.807) is 25.1 Å². The van der Waals surface area contributed by atoms with E-state index < -0.39 is 11.8 Å². The van der Waals surface area contributed by atoms with Crippen LogP contribution in [0.1, 0.15) is 24.1 Å². The molecule has 0 aromatic heterocycles. The van der Waals surface area contributed by atoms with Crippen molar-refractivity contribution >= 4 is 18.0 Å². The molecule has 0 aliphatic carbocycles. The predicted molar refractivity (Wildman–Crippen MR) is 98.3 cm³/mol. The average molecular weight is 355 g/mol. The second kappa shape index (κ2) is 9.22. The van der Waals surface area contributed by atoms with Gasteiger partial charge in [0.1, 0.15) is 0 Å². The van der Waals surface area contributed by atoms with E-state index in [1.165, 1.54) is 20.4 Å². The quantitative estimate of drug-likeness (QED) is 0.471. The zero-order chi connectivity index (χ0) is 18.9. The number of nitrogens with zero attached hydrogens (tertiary/aromatic N) is 1. The van der Waals surface area contributed by atoms with Crippen molar-refractivity contribution in [2.75, 3.05) is 14.2 Å². The van der Waals surface area contributed by atoms with Crippen LogP contribution in [0.4, 0.5) is 0 Å². The summed E-state index contributed by atoms with van der Waals surface area (Å²) in [6, 6.07) is 14.3. The van der Waals surface area contributed by atoms with Crippen LogP contribution in [0.2, 0.25) is 0 Å². The van der Waals surface area contributed by atoms with Crippen molar-refractivity contribution in [2.24, 2.45) is 5.10 Å². The van der Waals surface area contributed by atoms with Gasteiger partial charge in [0, 0.05) is 5.56 Å². The van der Waals surface area contributed by atoms with Crippen LogP contribution in [0.5, 0.6) is 11.5 Å². The number of benzene rings is 2. The number of amides is 2. The lowest BCUT2D eigenvalue weighted by Gasteiger charge is -2.13. The number of methoxy groups -OCH3 is 2. The Bertz CT molecular complexity index is 791. The molecule has 2 aromatic rings. The lowest BCUT2D eigenvalue weighted by atomic mass is 10.1. The van der Waals surface area contributed by atoms with Gasteiger partial charge in [-0.3, -0.25) is 9.59 Å². The minimum atomic E-state index is -0.856. The van der Waals surface area contributed by atoms with Gasteiger partial charge in [0.2, 0.25) is 0 Å². The lowest BCUT2D eigenvalue weighted by Crippen LogP contribution is -2.39. The number of nitrogens with one attached hydrogen (secondary N) is 2. The molecule has 0 aliphatic heterocycles. The third-order valence-electron chi connectivity index (χ3n) is 3.66. The third kappa shape index (κ3) is 4.83. The van der Waals surface area contributed by atoms with Gasteiger partial charge in [0.25, 0.3) is 0 Å². The fourth-order valence-electron chi connectivity index (χ4n) is 2.31. The fourth-order valence-corrected chi connectivity index (χ4v) is 2.31. The van der Waals surface area contributed by atoms with Gasteiger partial charge in [-0.05, 0) is 24.6 Å². The molecule has 2 rings (SSSR count). The molecule has 0 unspecified atom stereocenters. The van der Waals surface area contributed by atoms with Crippen molar-refractivity contribution in [3.05, 3.63) is 59.7 Å². The van der Waals surface area contributed by atoms with Crippen LogP contribution in [-0.4, -0.2) is 32.2 Å². The van der Waals surface area contributed by atoms with Crippen LogP contribution in [-0.2, 0) is 9.59 Å². The zero-order valence-corrected chi connectivity index (χ0v) is 14.9. The first kappa shape index (κ1) is 19.0. The molecule has 0 saturated carbocycles. The Morgan fingerprint density at radius 2 is 1.73 bits per heavy atom. The molecular weight excluding hydrogens is 334 g/mol. The standard InChI is InChI=1S/C19H21N3O4/c1-13(14-8-5-4-6-9-14)21-18(23)19(24)22-20-12-15-10-7-11-16(25-2)17(15)26-3/h4-13H,1-3H3,(H,21,23)(H,22,24)/t13-/m0/s1. The van der Waals surface area contributed by atoms with E-state index in [9.17, 15) is 9.59 Å².